The third-order valence-corrected chi connectivity index (χ3v) is 5.47. The first kappa shape index (κ1) is 22.4. The molecule has 33 heavy (non-hydrogen) atoms. The van der Waals surface area contributed by atoms with Gasteiger partial charge >= 0.3 is 0 Å². The van der Waals surface area contributed by atoms with Crippen LogP contribution < -0.4 is 14.8 Å². The van der Waals surface area contributed by atoms with E-state index in [0.717, 1.165) is 18.6 Å². The van der Waals surface area contributed by atoms with E-state index >= 15 is 0 Å². The summed E-state index contributed by atoms with van der Waals surface area (Å²) in [5.41, 5.74) is 1.27. The number of hydrogen-bond donors (Lipinski definition) is 1. The van der Waals surface area contributed by atoms with E-state index in [4.69, 9.17) is 9.47 Å². The molecule has 1 amide bonds. The fraction of sp³-hybridized carbons (Fsp3) is 0.292. The number of aromatic nitrogens is 2. The van der Waals surface area contributed by atoms with Crippen LogP contribution in [0, 0.1) is 18.6 Å². The second-order valence-electron chi connectivity index (χ2n) is 7.74. The highest BCUT2D eigenvalue weighted by molar-refractivity contribution is 6.08. The number of methoxy groups -OCH3 is 1. The Morgan fingerprint density at radius 2 is 2.00 bits per heavy atom. The molecule has 0 radical (unpaired) electrons. The van der Waals surface area contributed by atoms with Crippen molar-refractivity contribution in [1.29, 1.82) is 0 Å². The van der Waals surface area contributed by atoms with Crippen LogP contribution in [-0.4, -0.2) is 35.2 Å². The molecule has 1 aliphatic heterocycles. The number of amides is 1. The number of hydrogen-bond acceptors (Lipinski definition) is 5. The molecule has 1 N–H and O–H groups in total. The number of aryl methyl sites for hydroxylation is 1. The fourth-order valence-electron chi connectivity index (χ4n) is 3.95. The molecule has 0 bridgehead atoms. The smallest absolute Gasteiger partial charge is 0.226 e. The zero-order chi connectivity index (χ0) is 23.7. The number of Topliss-reactive ketones (excluding diaryl/α,β-unsaturated/α-hetero) is 1. The van der Waals surface area contributed by atoms with Crippen molar-refractivity contribution in [1.82, 2.24) is 9.78 Å². The van der Waals surface area contributed by atoms with E-state index in [1.807, 2.05) is 6.92 Å². The van der Waals surface area contributed by atoms with Crippen molar-refractivity contribution < 1.29 is 27.8 Å². The Balaban J connectivity index is 1.75. The molecule has 1 aliphatic rings. The zero-order valence-corrected chi connectivity index (χ0v) is 18.4. The van der Waals surface area contributed by atoms with E-state index in [0.29, 0.717) is 34.9 Å². The summed E-state index contributed by atoms with van der Waals surface area (Å²) in [6.07, 6.45) is 0.738. The summed E-state index contributed by atoms with van der Waals surface area (Å²) >= 11 is 0. The van der Waals surface area contributed by atoms with Gasteiger partial charge in [0.1, 0.15) is 17.3 Å². The summed E-state index contributed by atoms with van der Waals surface area (Å²) in [5.74, 6) is -1.96. The third-order valence-electron chi connectivity index (χ3n) is 5.47. The second-order valence-corrected chi connectivity index (χ2v) is 7.74. The van der Waals surface area contributed by atoms with Gasteiger partial charge in [0, 0.05) is 23.6 Å². The Hall–Kier alpha value is -3.75. The van der Waals surface area contributed by atoms with E-state index in [9.17, 15) is 18.4 Å². The molecule has 0 fully saturated rings. The van der Waals surface area contributed by atoms with Crippen LogP contribution in [0.2, 0.25) is 0 Å². The molecule has 0 aliphatic carbocycles. The second kappa shape index (κ2) is 9.01. The highest BCUT2D eigenvalue weighted by Gasteiger charge is 2.37. The van der Waals surface area contributed by atoms with Gasteiger partial charge in [0.15, 0.2) is 23.1 Å². The number of fused-ring (bicyclic) bond motifs is 1. The summed E-state index contributed by atoms with van der Waals surface area (Å²) in [7, 11) is 1.49. The Morgan fingerprint density at radius 1 is 1.21 bits per heavy atom. The first-order valence-electron chi connectivity index (χ1n) is 10.5. The maximum atomic E-state index is 14.4. The topological polar surface area (TPSA) is 82.5 Å². The Labute approximate surface area is 189 Å². The average molecular weight is 455 g/mol. The minimum absolute atomic E-state index is 0.0340. The van der Waals surface area contributed by atoms with Crippen LogP contribution in [0.25, 0.3) is 5.69 Å². The Kier molecular flexibility index (Phi) is 6.13. The molecule has 0 spiro atoms. The van der Waals surface area contributed by atoms with Gasteiger partial charge in [-0.25, -0.2) is 13.5 Å². The zero-order valence-electron chi connectivity index (χ0n) is 18.4. The summed E-state index contributed by atoms with van der Waals surface area (Å²) < 4.78 is 40.0. The largest absolute Gasteiger partial charge is 0.493 e. The molecule has 3 aromatic rings. The predicted octanol–water partition coefficient (Wildman–Crippen LogP) is 4.57. The maximum absolute atomic E-state index is 14.4. The van der Waals surface area contributed by atoms with Gasteiger partial charge in [-0.1, -0.05) is 6.92 Å². The number of ether oxygens (including phenoxy) is 2. The van der Waals surface area contributed by atoms with Crippen LogP contribution in [0.3, 0.4) is 0 Å². The monoisotopic (exact) mass is 455 g/mol. The molecule has 0 saturated heterocycles. The average Bonchev–Trinajstić information content (AvgIpc) is 3.12. The molecule has 1 aromatic heterocycles. The molecule has 2 aromatic carbocycles. The molecule has 0 unspecified atom stereocenters. The lowest BCUT2D eigenvalue weighted by molar-refractivity contribution is -0.116. The highest BCUT2D eigenvalue weighted by Crippen LogP contribution is 2.39. The van der Waals surface area contributed by atoms with Crippen LogP contribution in [-0.2, 0) is 4.79 Å². The lowest BCUT2D eigenvalue weighted by Gasteiger charge is -2.23. The number of ketones is 1. The van der Waals surface area contributed by atoms with Crippen LogP contribution in [0.5, 0.6) is 11.5 Å². The van der Waals surface area contributed by atoms with Gasteiger partial charge in [-0.05, 0) is 43.7 Å². The van der Waals surface area contributed by atoms with E-state index in [1.54, 1.807) is 25.1 Å². The van der Waals surface area contributed by atoms with Crippen molar-refractivity contribution in [3.63, 3.8) is 0 Å². The molecule has 2 heterocycles. The molecule has 1 atom stereocenters. The number of nitrogens with zero attached hydrogens (tertiary/aromatic N) is 2. The number of anilines is 1. The van der Waals surface area contributed by atoms with Gasteiger partial charge in [0.25, 0.3) is 0 Å². The van der Waals surface area contributed by atoms with Gasteiger partial charge in [-0.3, -0.25) is 9.59 Å². The van der Waals surface area contributed by atoms with Crippen molar-refractivity contribution in [3.05, 3.63) is 64.9 Å². The van der Waals surface area contributed by atoms with Gasteiger partial charge in [0.2, 0.25) is 5.91 Å². The van der Waals surface area contributed by atoms with Crippen molar-refractivity contribution in [2.45, 2.75) is 32.6 Å². The minimum Gasteiger partial charge on any atom is -0.493 e. The lowest BCUT2D eigenvalue weighted by atomic mass is 9.85. The first-order chi connectivity index (χ1) is 15.8. The number of nitrogens with one attached hydrogen (secondary N) is 1. The minimum atomic E-state index is -0.838. The molecule has 9 heteroatoms. The summed E-state index contributed by atoms with van der Waals surface area (Å²) in [6.45, 7) is 4.17. The SMILES string of the molecule is CCCOc1ccc(C(=O)[C@@H]2CC(=O)Nc3c2c(C)nn3-c2ccc(F)cc2F)cc1OC. The Morgan fingerprint density at radius 3 is 2.70 bits per heavy atom. The normalized spacial score (nSPS) is 15.1. The summed E-state index contributed by atoms with van der Waals surface area (Å²) in [6, 6.07) is 7.94. The lowest BCUT2D eigenvalue weighted by Crippen LogP contribution is -2.28. The van der Waals surface area contributed by atoms with E-state index < -0.39 is 23.5 Å². The van der Waals surface area contributed by atoms with Crippen LogP contribution in [0.15, 0.2) is 36.4 Å². The molecule has 172 valence electrons. The van der Waals surface area contributed by atoms with Crippen LogP contribution >= 0.6 is 0 Å². The number of rotatable bonds is 7. The predicted molar refractivity (Wildman–Crippen MR) is 117 cm³/mol. The van der Waals surface area contributed by atoms with E-state index in [-0.39, 0.29) is 23.7 Å². The van der Waals surface area contributed by atoms with Crippen LogP contribution in [0.1, 0.15) is 47.3 Å². The van der Waals surface area contributed by atoms with Gasteiger partial charge < -0.3 is 14.8 Å². The van der Waals surface area contributed by atoms with Crippen LogP contribution in [0.4, 0.5) is 14.6 Å². The van der Waals surface area contributed by atoms with Crippen molar-refractivity contribution in [3.8, 4) is 17.2 Å². The van der Waals surface area contributed by atoms with Gasteiger partial charge in [-0.2, -0.15) is 5.10 Å². The number of benzene rings is 2. The fourth-order valence-corrected chi connectivity index (χ4v) is 3.95. The van der Waals surface area contributed by atoms with Crippen molar-refractivity contribution in [2.75, 3.05) is 19.0 Å². The number of halogens is 2. The van der Waals surface area contributed by atoms with Gasteiger partial charge in [0.05, 0.1) is 25.3 Å². The van der Waals surface area contributed by atoms with Crippen molar-refractivity contribution in [2.24, 2.45) is 0 Å². The van der Waals surface area contributed by atoms with Gasteiger partial charge in [-0.15, -0.1) is 0 Å². The first-order valence-corrected chi connectivity index (χ1v) is 10.5. The third kappa shape index (κ3) is 4.18. The molecule has 4 rings (SSSR count). The quantitative estimate of drug-likeness (QED) is 0.528. The summed E-state index contributed by atoms with van der Waals surface area (Å²) in [5, 5.41) is 7.02. The molecular formula is C24H23F2N3O4. The van der Waals surface area contributed by atoms with E-state index in [2.05, 4.69) is 10.4 Å². The number of carbonyl (C=O) groups excluding carboxylic acids is 2. The Bertz CT molecular complexity index is 1240. The maximum Gasteiger partial charge on any atom is 0.226 e. The summed E-state index contributed by atoms with van der Waals surface area (Å²) in [4.78, 5) is 26.0. The van der Waals surface area contributed by atoms with Crippen molar-refractivity contribution >= 4 is 17.5 Å². The number of carbonyl (C=O) groups is 2. The molecule has 7 nitrogen and oxygen atoms in total. The standard InChI is InChI=1S/C24H23F2N3O4/c1-4-9-33-19-8-5-14(10-20(19)32-3)23(31)16-12-21(30)27-24-22(16)13(2)28-29(24)18-7-6-15(25)11-17(18)26/h5-8,10-11,16H,4,9,12H2,1-3H3,(H,27,30)/t16-/m1/s1. The van der Waals surface area contributed by atoms with E-state index in [1.165, 1.54) is 17.9 Å². The molecular weight excluding hydrogens is 432 g/mol. The highest BCUT2D eigenvalue weighted by atomic mass is 19.1. The molecule has 0 saturated carbocycles.